The molecule has 0 bridgehead atoms. The minimum atomic E-state index is -0.149. The highest BCUT2D eigenvalue weighted by atomic mass is 32.2. The molecule has 1 aliphatic heterocycles. The van der Waals surface area contributed by atoms with Crippen molar-refractivity contribution in [2.45, 2.75) is 36.8 Å². The van der Waals surface area contributed by atoms with Gasteiger partial charge in [-0.15, -0.1) is 0 Å². The third-order valence-electron chi connectivity index (χ3n) is 3.42. The summed E-state index contributed by atoms with van der Waals surface area (Å²) in [5.41, 5.74) is 8.15. The maximum atomic E-state index is 13.3. The lowest BCUT2D eigenvalue weighted by Gasteiger charge is -2.34. The molecule has 0 saturated carbocycles. The first-order valence-electron chi connectivity index (χ1n) is 6.38. The molecule has 2 N–H and O–H groups in total. The Hall–Kier alpha value is -0.190. The first-order chi connectivity index (χ1) is 8.63. The van der Waals surface area contributed by atoms with E-state index in [9.17, 15) is 4.39 Å². The van der Waals surface area contributed by atoms with Crippen LogP contribution in [0.1, 0.15) is 30.5 Å². The number of benzene rings is 1. The van der Waals surface area contributed by atoms with Gasteiger partial charge in [0.15, 0.2) is 0 Å². The summed E-state index contributed by atoms with van der Waals surface area (Å²) in [6.45, 7) is 4.02. The van der Waals surface area contributed by atoms with Crippen molar-refractivity contribution in [3.63, 3.8) is 0 Å². The molecular formula is C14H20FNS2. The quantitative estimate of drug-likeness (QED) is 0.915. The van der Waals surface area contributed by atoms with Crippen LogP contribution in [0.15, 0.2) is 18.2 Å². The molecule has 1 heterocycles. The lowest BCUT2D eigenvalue weighted by molar-refractivity contribution is 0.607. The number of aryl methyl sites for hydroxylation is 1. The fourth-order valence-electron chi connectivity index (χ4n) is 2.34. The number of rotatable bonds is 3. The summed E-state index contributed by atoms with van der Waals surface area (Å²) in [5, 5.41) is 1.06. The Labute approximate surface area is 117 Å². The van der Waals surface area contributed by atoms with E-state index in [1.807, 2.05) is 35.7 Å². The van der Waals surface area contributed by atoms with Crippen molar-refractivity contribution >= 4 is 23.5 Å². The molecule has 100 valence electrons. The SMILES string of the molecule is CCC1SCCSC1C(N)c1ccc(F)c(C)c1. The van der Waals surface area contributed by atoms with E-state index in [4.69, 9.17) is 5.73 Å². The summed E-state index contributed by atoms with van der Waals surface area (Å²) in [6, 6.07) is 5.27. The van der Waals surface area contributed by atoms with E-state index in [1.54, 1.807) is 6.92 Å². The third kappa shape index (κ3) is 3.03. The number of hydrogen-bond acceptors (Lipinski definition) is 3. The molecule has 1 aromatic rings. The van der Waals surface area contributed by atoms with Crippen LogP contribution >= 0.6 is 23.5 Å². The summed E-state index contributed by atoms with van der Waals surface area (Å²) >= 11 is 4.00. The molecule has 1 fully saturated rings. The molecule has 1 aromatic carbocycles. The van der Waals surface area contributed by atoms with E-state index in [0.717, 1.165) is 12.0 Å². The molecule has 1 aliphatic rings. The van der Waals surface area contributed by atoms with Crippen molar-refractivity contribution in [3.05, 3.63) is 35.1 Å². The van der Waals surface area contributed by atoms with E-state index in [2.05, 4.69) is 6.92 Å². The van der Waals surface area contributed by atoms with Crippen molar-refractivity contribution in [3.8, 4) is 0 Å². The van der Waals surface area contributed by atoms with Crippen molar-refractivity contribution in [1.29, 1.82) is 0 Å². The minimum Gasteiger partial charge on any atom is -0.323 e. The molecule has 1 saturated heterocycles. The van der Waals surface area contributed by atoms with Crippen LogP contribution in [0, 0.1) is 12.7 Å². The maximum absolute atomic E-state index is 13.3. The van der Waals surface area contributed by atoms with E-state index in [0.29, 0.717) is 16.1 Å². The summed E-state index contributed by atoms with van der Waals surface area (Å²) in [5.74, 6) is 2.23. The fourth-order valence-corrected chi connectivity index (χ4v) is 5.52. The van der Waals surface area contributed by atoms with Crippen LogP contribution in [0.2, 0.25) is 0 Å². The molecule has 3 atom stereocenters. The lowest BCUT2D eigenvalue weighted by Crippen LogP contribution is -2.35. The van der Waals surface area contributed by atoms with Gasteiger partial charge in [0.25, 0.3) is 0 Å². The van der Waals surface area contributed by atoms with Gasteiger partial charge < -0.3 is 5.73 Å². The van der Waals surface area contributed by atoms with E-state index >= 15 is 0 Å². The average Bonchev–Trinajstić information content (AvgIpc) is 2.41. The molecule has 1 nitrogen and oxygen atoms in total. The molecular weight excluding hydrogens is 265 g/mol. The fraction of sp³-hybridized carbons (Fsp3) is 0.571. The van der Waals surface area contributed by atoms with Gasteiger partial charge in [-0.3, -0.25) is 0 Å². The second kappa shape index (κ2) is 6.31. The Balaban J connectivity index is 2.18. The Bertz CT molecular complexity index is 411. The van der Waals surface area contributed by atoms with E-state index in [-0.39, 0.29) is 11.9 Å². The van der Waals surface area contributed by atoms with Crippen molar-refractivity contribution in [2.75, 3.05) is 11.5 Å². The van der Waals surface area contributed by atoms with Gasteiger partial charge in [0, 0.05) is 28.0 Å². The predicted octanol–water partition coefficient (Wildman–Crippen LogP) is 3.76. The number of hydrogen-bond donors (Lipinski definition) is 1. The first kappa shape index (κ1) is 14.2. The second-order valence-corrected chi connectivity index (χ2v) is 7.32. The highest BCUT2D eigenvalue weighted by molar-refractivity contribution is 8.07. The smallest absolute Gasteiger partial charge is 0.126 e. The van der Waals surface area contributed by atoms with Crippen molar-refractivity contribution in [1.82, 2.24) is 0 Å². The van der Waals surface area contributed by atoms with Gasteiger partial charge >= 0.3 is 0 Å². The highest BCUT2D eigenvalue weighted by Crippen LogP contribution is 2.39. The third-order valence-corrected chi connectivity index (χ3v) is 6.79. The molecule has 18 heavy (non-hydrogen) atoms. The monoisotopic (exact) mass is 285 g/mol. The molecule has 0 amide bonds. The van der Waals surface area contributed by atoms with Crippen molar-refractivity contribution < 1.29 is 4.39 Å². The van der Waals surface area contributed by atoms with Gasteiger partial charge in [0.05, 0.1) is 0 Å². The van der Waals surface area contributed by atoms with Crippen LogP contribution in [0.4, 0.5) is 4.39 Å². The van der Waals surface area contributed by atoms with Crippen LogP contribution in [-0.4, -0.2) is 22.0 Å². The molecule has 0 aromatic heterocycles. The van der Waals surface area contributed by atoms with Crippen LogP contribution in [0.5, 0.6) is 0 Å². The zero-order valence-corrected chi connectivity index (χ0v) is 12.5. The van der Waals surface area contributed by atoms with E-state index in [1.165, 1.54) is 17.6 Å². The molecule has 0 spiro atoms. The zero-order valence-electron chi connectivity index (χ0n) is 10.9. The van der Waals surface area contributed by atoms with Crippen LogP contribution < -0.4 is 5.73 Å². The normalized spacial score (nSPS) is 26.0. The van der Waals surface area contributed by atoms with Gasteiger partial charge in [-0.25, -0.2) is 4.39 Å². The van der Waals surface area contributed by atoms with Crippen LogP contribution in [0.3, 0.4) is 0 Å². The largest absolute Gasteiger partial charge is 0.323 e. The Kier molecular flexibility index (Phi) is 4.98. The molecule has 2 rings (SSSR count). The van der Waals surface area contributed by atoms with E-state index < -0.39 is 0 Å². The van der Waals surface area contributed by atoms with Gasteiger partial charge in [0.2, 0.25) is 0 Å². The van der Waals surface area contributed by atoms with Gasteiger partial charge in [-0.2, -0.15) is 23.5 Å². The molecule has 0 radical (unpaired) electrons. The zero-order chi connectivity index (χ0) is 13.1. The predicted molar refractivity (Wildman–Crippen MR) is 80.8 cm³/mol. The molecule has 4 heteroatoms. The van der Waals surface area contributed by atoms with Crippen molar-refractivity contribution in [2.24, 2.45) is 5.73 Å². The van der Waals surface area contributed by atoms with Crippen LogP contribution in [-0.2, 0) is 0 Å². The van der Waals surface area contributed by atoms with Crippen LogP contribution in [0.25, 0.3) is 0 Å². The highest BCUT2D eigenvalue weighted by Gasteiger charge is 2.30. The Morgan fingerprint density at radius 3 is 2.78 bits per heavy atom. The average molecular weight is 285 g/mol. The Morgan fingerprint density at radius 1 is 1.39 bits per heavy atom. The number of halogens is 1. The lowest BCUT2D eigenvalue weighted by atomic mass is 9.99. The number of thioether (sulfide) groups is 2. The number of nitrogens with two attached hydrogens (primary N) is 1. The first-order valence-corrected chi connectivity index (χ1v) is 8.48. The summed E-state index contributed by atoms with van der Waals surface area (Å²) in [7, 11) is 0. The van der Waals surface area contributed by atoms with Gasteiger partial charge in [0.1, 0.15) is 5.82 Å². The Morgan fingerprint density at radius 2 is 2.11 bits per heavy atom. The minimum absolute atomic E-state index is 0.00653. The summed E-state index contributed by atoms with van der Waals surface area (Å²) < 4.78 is 13.3. The van der Waals surface area contributed by atoms with Gasteiger partial charge in [-0.05, 0) is 30.5 Å². The standard InChI is InChI=1S/C14H20FNS2/c1-3-12-14(18-7-6-17-12)13(16)10-4-5-11(15)9(2)8-10/h4-5,8,12-14H,3,6-7,16H2,1-2H3. The van der Waals surface area contributed by atoms with Gasteiger partial charge in [-0.1, -0.05) is 19.1 Å². The summed E-state index contributed by atoms with van der Waals surface area (Å²) in [6.07, 6.45) is 1.15. The molecule has 0 aliphatic carbocycles. The molecule has 3 unspecified atom stereocenters. The second-order valence-electron chi connectivity index (χ2n) is 4.69. The topological polar surface area (TPSA) is 26.0 Å². The maximum Gasteiger partial charge on any atom is 0.126 e. The summed E-state index contributed by atoms with van der Waals surface area (Å²) in [4.78, 5) is 0.